The zero-order valence-electron chi connectivity index (χ0n) is 12.4. The van der Waals surface area contributed by atoms with Crippen LogP contribution in [0.1, 0.15) is 12.7 Å². The molecule has 0 aliphatic rings. The Morgan fingerprint density at radius 3 is 2.38 bits per heavy atom. The van der Waals surface area contributed by atoms with Crippen LogP contribution in [0.2, 0.25) is 0 Å². The van der Waals surface area contributed by atoms with Crippen LogP contribution in [0, 0.1) is 0 Å². The molecule has 0 aliphatic heterocycles. The number of alkyl halides is 6. The van der Waals surface area contributed by atoms with Crippen molar-refractivity contribution in [3.8, 4) is 0 Å². The minimum absolute atomic E-state index is 0.0748. The fraction of sp³-hybridized carbons (Fsp3) is 0.429. The zero-order valence-corrected chi connectivity index (χ0v) is 12.4. The van der Waals surface area contributed by atoms with E-state index in [4.69, 9.17) is 0 Å². The van der Waals surface area contributed by atoms with Crippen molar-refractivity contribution in [3.63, 3.8) is 0 Å². The van der Waals surface area contributed by atoms with Crippen molar-refractivity contribution in [1.82, 2.24) is 9.97 Å². The van der Waals surface area contributed by atoms with Crippen LogP contribution in [0.25, 0.3) is 10.9 Å². The standard InChI is InChI=1S/C14H13F6N3O/c1-8(6-24-7-13(15,16)17)21-11-9-4-2-3-5-10(9)22-12(23-11)14(18,19)20/h2-5,8H,6-7H2,1H3,(H,21,22,23). The molecule has 1 atom stereocenters. The Balaban J connectivity index is 2.21. The normalized spacial score (nSPS) is 14.0. The summed E-state index contributed by atoms with van der Waals surface area (Å²) >= 11 is 0. The van der Waals surface area contributed by atoms with Crippen LogP contribution in [0.3, 0.4) is 0 Å². The van der Waals surface area contributed by atoms with Gasteiger partial charge < -0.3 is 10.1 Å². The molecule has 1 heterocycles. The summed E-state index contributed by atoms with van der Waals surface area (Å²) < 4.78 is 79.2. The van der Waals surface area contributed by atoms with Crippen molar-refractivity contribution in [2.24, 2.45) is 0 Å². The number of hydrogen-bond acceptors (Lipinski definition) is 4. The Labute approximate surface area is 132 Å². The van der Waals surface area contributed by atoms with Gasteiger partial charge in [0, 0.05) is 11.4 Å². The highest BCUT2D eigenvalue weighted by Gasteiger charge is 2.35. The fourth-order valence-electron chi connectivity index (χ4n) is 1.94. The van der Waals surface area contributed by atoms with Crippen molar-refractivity contribution in [2.45, 2.75) is 25.3 Å². The average Bonchev–Trinajstić information content (AvgIpc) is 2.44. The predicted molar refractivity (Wildman–Crippen MR) is 74.5 cm³/mol. The molecule has 0 radical (unpaired) electrons. The van der Waals surface area contributed by atoms with Crippen molar-refractivity contribution >= 4 is 16.7 Å². The Hall–Kier alpha value is -2.10. The molecular formula is C14H13F6N3O. The summed E-state index contributed by atoms with van der Waals surface area (Å²) in [5.41, 5.74) is 0.0748. The number of anilines is 1. The molecule has 1 aromatic carbocycles. The van der Waals surface area contributed by atoms with Crippen LogP contribution in [0.4, 0.5) is 32.2 Å². The molecule has 0 spiro atoms. The van der Waals surface area contributed by atoms with Gasteiger partial charge >= 0.3 is 12.4 Å². The molecule has 2 aromatic rings. The third-order valence-electron chi connectivity index (χ3n) is 2.87. The van der Waals surface area contributed by atoms with Gasteiger partial charge in [-0.2, -0.15) is 26.3 Å². The molecule has 1 N–H and O–H groups in total. The van der Waals surface area contributed by atoms with E-state index in [1.54, 1.807) is 6.07 Å². The highest BCUT2D eigenvalue weighted by atomic mass is 19.4. The molecule has 132 valence electrons. The summed E-state index contributed by atoms with van der Waals surface area (Å²) in [6.45, 7) is -0.308. The van der Waals surface area contributed by atoms with Crippen LogP contribution in [0.15, 0.2) is 24.3 Å². The van der Waals surface area contributed by atoms with Gasteiger partial charge in [0.2, 0.25) is 5.82 Å². The molecule has 24 heavy (non-hydrogen) atoms. The van der Waals surface area contributed by atoms with E-state index in [1.807, 2.05) is 0 Å². The Kier molecular flexibility index (Phi) is 5.16. The second-order valence-electron chi connectivity index (χ2n) is 5.09. The van der Waals surface area contributed by atoms with E-state index < -0.39 is 30.8 Å². The lowest BCUT2D eigenvalue weighted by molar-refractivity contribution is -0.174. The second-order valence-corrected chi connectivity index (χ2v) is 5.09. The molecular weight excluding hydrogens is 340 g/mol. The molecule has 1 unspecified atom stereocenters. The number of ether oxygens (including phenoxy) is 1. The van der Waals surface area contributed by atoms with E-state index in [2.05, 4.69) is 20.0 Å². The molecule has 0 saturated carbocycles. The van der Waals surface area contributed by atoms with Gasteiger partial charge in [-0.05, 0) is 19.1 Å². The average molecular weight is 353 g/mol. The number of nitrogens with one attached hydrogen (secondary N) is 1. The van der Waals surface area contributed by atoms with Gasteiger partial charge in [-0.1, -0.05) is 12.1 Å². The van der Waals surface area contributed by atoms with Crippen LogP contribution in [-0.4, -0.2) is 35.4 Å². The molecule has 0 saturated heterocycles. The minimum Gasteiger partial charge on any atom is -0.370 e. The van der Waals surface area contributed by atoms with E-state index >= 15 is 0 Å². The molecule has 0 aliphatic carbocycles. The minimum atomic E-state index is -4.74. The van der Waals surface area contributed by atoms with E-state index in [0.29, 0.717) is 5.39 Å². The maximum Gasteiger partial charge on any atom is 0.451 e. The molecule has 1 aromatic heterocycles. The van der Waals surface area contributed by atoms with Crippen LogP contribution >= 0.6 is 0 Å². The highest BCUT2D eigenvalue weighted by molar-refractivity contribution is 5.89. The second kappa shape index (κ2) is 6.80. The summed E-state index contributed by atoms with van der Waals surface area (Å²) in [5, 5.41) is 2.97. The molecule has 0 bridgehead atoms. The van der Waals surface area contributed by atoms with Crippen molar-refractivity contribution < 1.29 is 31.1 Å². The first-order valence-electron chi connectivity index (χ1n) is 6.81. The number of hydrogen-bond donors (Lipinski definition) is 1. The van der Waals surface area contributed by atoms with Gasteiger partial charge in [0.15, 0.2) is 0 Å². The van der Waals surface area contributed by atoms with E-state index in [1.165, 1.54) is 25.1 Å². The van der Waals surface area contributed by atoms with Gasteiger partial charge in [0.05, 0.1) is 12.1 Å². The summed E-state index contributed by atoms with van der Waals surface area (Å²) in [5.74, 6) is -1.44. The van der Waals surface area contributed by atoms with Gasteiger partial charge in [0.25, 0.3) is 0 Å². The van der Waals surface area contributed by atoms with E-state index in [-0.39, 0.29) is 17.9 Å². The summed E-state index contributed by atoms with van der Waals surface area (Å²) in [7, 11) is 0. The van der Waals surface area contributed by atoms with Gasteiger partial charge in [0.1, 0.15) is 12.4 Å². The summed E-state index contributed by atoms with van der Waals surface area (Å²) in [6.07, 6.45) is -9.21. The number of benzene rings is 1. The zero-order chi connectivity index (χ0) is 18.0. The molecule has 4 nitrogen and oxygen atoms in total. The third kappa shape index (κ3) is 4.95. The van der Waals surface area contributed by atoms with E-state index in [0.717, 1.165) is 0 Å². The van der Waals surface area contributed by atoms with Crippen LogP contribution in [-0.2, 0) is 10.9 Å². The maximum absolute atomic E-state index is 12.9. The lowest BCUT2D eigenvalue weighted by atomic mass is 10.2. The summed E-state index contributed by atoms with van der Waals surface area (Å²) in [4.78, 5) is 6.90. The molecule has 10 heteroatoms. The number of fused-ring (bicyclic) bond motifs is 1. The lowest BCUT2D eigenvalue weighted by Gasteiger charge is -2.18. The number of aromatic nitrogens is 2. The molecule has 0 fully saturated rings. The quantitative estimate of drug-likeness (QED) is 0.825. The van der Waals surface area contributed by atoms with Crippen LogP contribution in [0.5, 0.6) is 0 Å². The Morgan fingerprint density at radius 2 is 1.75 bits per heavy atom. The Morgan fingerprint density at radius 1 is 1.08 bits per heavy atom. The maximum atomic E-state index is 12.9. The SMILES string of the molecule is CC(COCC(F)(F)F)Nc1nc(C(F)(F)F)nc2ccccc12. The number of para-hydroxylation sites is 1. The number of nitrogens with zero attached hydrogens (tertiary/aromatic N) is 2. The monoisotopic (exact) mass is 353 g/mol. The topological polar surface area (TPSA) is 47.0 Å². The van der Waals surface area contributed by atoms with E-state index in [9.17, 15) is 26.3 Å². The number of halogens is 6. The number of rotatable bonds is 5. The molecule has 2 rings (SSSR count). The van der Waals surface area contributed by atoms with Gasteiger partial charge in [-0.3, -0.25) is 0 Å². The lowest BCUT2D eigenvalue weighted by Crippen LogP contribution is -2.27. The first-order valence-corrected chi connectivity index (χ1v) is 6.81. The van der Waals surface area contributed by atoms with Gasteiger partial charge in [-0.15, -0.1) is 0 Å². The fourth-order valence-corrected chi connectivity index (χ4v) is 1.94. The summed E-state index contributed by atoms with van der Waals surface area (Å²) in [6, 6.07) is 5.33. The van der Waals surface area contributed by atoms with Crippen molar-refractivity contribution in [2.75, 3.05) is 18.5 Å². The predicted octanol–water partition coefficient (Wildman–Crippen LogP) is 4.03. The van der Waals surface area contributed by atoms with Gasteiger partial charge in [-0.25, -0.2) is 9.97 Å². The largest absolute Gasteiger partial charge is 0.451 e. The first-order chi connectivity index (χ1) is 11.1. The first kappa shape index (κ1) is 18.2. The smallest absolute Gasteiger partial charge is 0.370 e. The van der Waals surface area contributed by atoms with Crippen LogP contribution < -0.4 is 5.32 Å². The third-order valence-corrected chi connectivity index (χ3v) is 2.87. The Bertz CT molecular complexity index is 701. The van der Waals surface area contributed by atoms with Crippen molar-refractivity contribution in [1.29, 1.82) is 0 Å². The van der Waals surface area contributed by atoms with Crippen molar-refractivity contribution in [3.05, 3.63) is 30.1 Å². The highest BCUT2D eigenvalue weighted by Crippen LogP contribution is 2.30. The molecule has 0 amide bonds.